The first-order chi connectivity index (χ1) is 36.0. The summed E-state index contributed by atoms with van der Waals surface area (Å²) < 4.78 is 16.8. The summed E-state index contributed by atoms with van der Waals surface area (Å²) in [5.41, 5.74) is 0. The average Bonchev–Trinajstić information content (AvgIpc) is 3.39. The number of unbranched alkanes of at least 4 members (excludes halogenated alkanes) is 43. The summed E-state index contributed by atoms with van der Waals surface area (Å²) in [5.74, 6) is -0.850. The van der Waals surface area contributed by atoms with E-state index in [1.807, 2.05) is 0 Å². The van der Waals surface area contributed by atoms with Crippen LogP contribution in [0, 0.1) is 0 Å². The Morgan fingerprint density at radius 2 is 0.493 bits per heavy atom. The smallest absolute Gasteiger partial charge is 0.306 e. The Kier molecular flexibility index (Phi) is 60.2. The average molecular weight is 1030 g/mol. The van der Waals surface area contributed by atoms with Crippen molar-refractivity contribution in [3.8, 4) is 0 Å². The van der Waals surface area contributed by atoms with Crippen molar-refractivity contribution in [1.82, 2.24) is 0 Å². The van der Waals surface area contributed by atoms with Gasteiger partial charge in [-0.3, -0.25) is 14.4 Å². The lowest BCUT2D eigenvalue weighted by Crippen LogP contribution is -2.30. The van der Waals surface area contributed by atoms with E-state index in [0.717, 1.165) is 70.6 Å². The summed E-state index contributed by atoms with van der Waals surface area (Å²) in [5, 5.41) is 0. The lowest BCUT2D eigenvalue weighted by atomic mass is 10.0. The molecule has 0 bridgehead atoms. The van der Waals surface area contributed by atoms with E-state index in [-0.39, 0.29) is 31.1 Å². The number of ether oxygens (including phenoxy) is 3. The Labute approximate surface area is 455 Å². The Morgan fingerprint density at radius 1 is 0.274 bits per heavy atom. The van der Waals surface area contributed by atoms with Crippen molar-refractivity contribution in [3.63, 3.8) is 0 Å². The Balaban J connectivity index is 4.01. The van der Waals surface area contributed by atoms with Gasteiger partial charge >= 0.3 is 17.9 Å². The fourth-order valence-corrected chi connectivity index (χ4v) is 9.75. The molecule has 0 heterocycles. The molecule has 0 radical (unpaired) electrons. The second-order valence-corrected chi connectivity index (χ2v) is 22.0. The zero-order chi connectivity index (χ0) is 52.9. The van der Waals surface area contributed by atoms with Gasteiger partial charge < -0.3 is 14.2 Å². The SMILES string of the molecule is CCCCCCC/C=C\C/C=C\C/C=C\CCCCCCCCCCCCCCCCCCC(=O)OCC(COC(=O)CCCCCCCCC)OC(=O)CCCCCCCCCCCCCCCCCCC. The summed E-state index contributed by atoms with van der Waals surface area (Å²) in [4.78, 5) is 38.0. The summed E-state index contributed by atoms with van der Waals surface area (Å²) in [6.45, 7) is 6.64. The number of hydrogen-bond acceptors (Lipinski definition) is 6. The highest BCUT2D eigenvalue weighted by atomic mass is 16.6. The number of carbonyl (C=O) groups excluding carboxylic acids is 3. The monoisotopic (exact) mass is 1020 g/mol. The highest BCUT2D eigenvalue weighted by Gasteiger charge is 2.19. The van der Waals surface area contributed by atoms with Gasteiger partial charge in [-0.15, -0.1) is 0 Å². The van der Waals surface area contributed by atoms with Gasteiger partial charge in [0, 0.05) is 19.3 Å². The van der Waals surface area contributed by atoms with Gasteiger partial charge in [0.05, 0.1) is 0 Å². The number of carbonyl (C=O) groups is 3. The van der Waals surface area contributed by atoms with Crippen molar-refractivity contribution in [1.29, 1.82) is 0 Å². The molecule has 0 saturated heterocycles. The predicted molar refractivity (Wildman–Crippen MR) is 316 cm³/mol. The van der Waals surface area contributed by atoms with E-state index < -0.39 is 6.10 Å². The van der Waals surface area contributed by atoms with E-state index >= 15 is 0 Å². The molecule has 428 valence electrons. The van der Waals surface area contributed by atoms with E-state index in [2.05, 4.69) is 57.2 Å². The minimum absolute atomic E-state index is 0.0663. The fraction of sp³-hybridized carbons (Fsp3) is 0.866. The molecule has 0 aliphatic carbocycles. The summed E-state index contributed by atoms with van der Waals surface area (Å²) in [7, 11) is 0. The van der Waals surface area contributed by atoms with Crippen LogP contribution in [0.5, 0.6) is 0 Å². The lowest BCUT2D eigenvalue weighted by molar-refractivity contribution is -0.167. The second-order valence-electron chi connectivity index (χ2n) is 22.0. The maximum atomic E-state index is 12.8. The zero-order valence-electron chi connectivity index (χ0n) is 49.2. The molecule has 0 aliphatic rings. The standard InChI is InChI=1S/C67H124O6/c1-4-7-10-13-16-18-20-22-24-26-27-28-29-30-31-32-33-34-35-36-37-38-39-41-42-44-46-48-51-54-57-60-66(69)72-63-64(62-71-65(68)59-56-53-50-15-12-9-6-3)73-67(70)61-58-55-52-49-47-45-43-40-25-23-21-19-17-14-11-8-5-2/h20,22,26-27,29-30,64H,4-19,21,23-25,28,31-63H2,1-3H3/b22-20-,27-26-,30-29-. The van der Waals surface area contributed by atoms with Crippen LogP contribution in [0.2, 0.25) is 0 Å². The van der Waals surface area contributed by atoms with Crippen LogP contribution in [0.1, 0.15) is 355 Å². The van der Waals surface area contributed by atoms with E-state index in [1.165, 1.54) is 244 Å². The topological polar surface area (TPSA) is 78.9 Å². The third kappa shape index (κ3) is 60.4. The molecule has 1 unspecified atom stereocenters. The summed E-state index contributed by atoms with van der Waals surface area (Å²) in [6, 6.07) is 0. The number of esters is 3. The van der Waals surface area contributed by atoms with Crippen LogP contribution < -0.4 is 0 Å². The molecule has 73 heavy (non-hydrogen) atoms. The molecular formula is C67H124O6. The van der Waals surface area contributed by atoms with Crippen molar-refractivity contribution in [2.24, 2.45) is 0 Å². The van der Waals surface area contributed by atoms with E-state index in [9.17, 15) is 14.4 Å². The zero-order valence-corrected chi connectivity index (χ0v) is 49.2. The normalized spacial score (nSPS) is 12.2. The molecule has 0 aromatic carbocycles. The van der Waals surface area contributed by atoms with Crippen LogP contribution in [-0.2, 0) is 28.6 Å². The molecule has 0 rings (SSSR count). The van der Waals surface area contributed by atoms with E-state index in [0.29, 0.717) is 19.3 Å². The van der Waals surface area contributed by atoms with Gasteiger partial charge in [-0.2, -0.15) is 0 Å². The van der Waals surface area contributed by atoms with Gasteiger partial charge in [0.1, 0.15) is 13.2 Å². The third-order valence-corrected chi connectivity index (χ3v) is 14.6. The second kappa shape index (κ2) is 62.2. The molecule has 0 spiro atoms. The molecule has 6 nitrogen and oxygen atoms in total. The van der Waals surface area contributed by atoms with Gasteiger partial charge in [-0.05, 0) is 57.8 Å². The molecule has 0 N–H and O–H groups in total. The lowest BCUT2D eigenvalue weighted by Gasteiger charge is -2.18. The van der Waals surface area contributed by atoms with Gasteiger partial charge in [0.25, 0.3) is 0 Å². The van der Waals surface area contributed by atoms with Gasteiger partial charge in [0.2, 0.25) is 0 Å². The van der Waals surface area contributed by atoms with Crippen LogP contribution in [0.4, 0.5) is 0 Å². The predicted octanol–water partition coefficient (Wildman–Crippen LogP) is 22.0. The van der Waals surface area contributed by atoms with Gasteiger partial charge in [-0.1, -0.05) is 314 Å². The summed E-state index contributed by atoms with van der Waals surface area (Å²) in [6.07, 6.45) is 76.2. The largest absolute Gasteiger partial charge is 0.462 e. The summed E-state index contributed by atoms with van der Waals surface area (Å²) >= 11 is 0. The first-order valence-corrected chi connectivity index (χ1v) is 32.5. The van der Waals surface area contributed by atoms with Gasteiger partial charge in [0.15, 0.2) is 6.10 Å². The molecule has 0 aromatic rings. The fourth-order valence-electron chi connectivity index (χ4n) is 9.75. The molecule has 6 heteroatoms. The Bertz CT molecular complexity index is 1220. The molecule has 0 aromatic heterocycles. The molecule has 0 fully saturated rings. The highest BCUT2D eigenvalue weighted by Crippen LogP contribution is 2.18. The van der Waals surface area contributed by atoms with Gasteiger partial charge in [-0.25, -0.2) is 0 Å². The molecule has 0 saturated carbocycles. The Hall–Kier alpha value is -2.37. The molecule has 1 atom stereocenters. The van der Waals surface area contributed by atoms with Crippen molar-refractivity contribution in [2.75, 3.05) is 13.2 Å². The molecule has 0 aliphatic heterocycles. The van der Waals surface area contributed by atoms with Crippen molar-refractivity contribution < 1.29 is 28.6 Å². The minimum Gasteiger partial charge on any atom is -0.462 e. The first-order valence-electron chi connectivity index (χ1n) is 32.5. The maximum Gasteiger partial charge on any atom is 0.306 e. The highest BCUT2D eigenvalue weighted by molar-refractivity contribution is 5.71. The van der Waals surface area contributed by atoms with E-state index in [4.69, 9.17) is 14.2 Å². The van der Waals surface area contributed by atoms with Crippen molar-refractivity contribution in [2.45, 2.75) is 361 Å². The first kappa shape index (κ1) is 70.6. The Morgan fingerprint density at radius 3 is 0.767 bits per heavy atom. The minimum atomic E-state index is -0.765. The van der Waals surface area contributed by atoms with Crippen LogP contribution in [-0.4, -0.2) is 37.2 Å². The van der Waals surface area contributed by atoms with Crippen LogP contribution in [0.15, 0.2) is 36.5 Å². The van der Waals surface area contributed by atoms with Crippen molar-refractivity contribution >= 4 is 17.9 Å². The van der Waals surface area contributed by atoms with E-state index in [1.54, 1.807) is 0 Å². The maximum absolute atomic E-state index is 12.8. The number of rotatable bonds is 60. The number of allylic oxidation sites excluding steroid dienone is 6. The quantitative estimate of drug-likeness (QED) is 0.0261. The van der Waals surface area contributed by atoms with Crippen LogP contribution in [0.3, 0.4) is 0 Å². The van der Waals surface area contributed by atoms with Crippen LogP contribution in [0.25, 0.3) is 0 Å². The number of hydrogen-bond donors (Lipinski definition) is 0. The molecule has 0 amide bonds. The van der Waals surface area contributed by atoms with Crippen molar-refractivity contribution in [3.05, 3.63) is 36.5 Å². The molecular weight excluding hydrogens is 901 g/mol. The van der Waals surface area contributed by atoms with Crippen LogP contribution >= 0.6 is 0 Å². The third-order valence-electron chi connectivity index (χ3n) is 14.6.